The van der Waals surface area contributed by atoms with Crippen molar-refractivity contribution in [1.82, 2.24) is 14.6 Å². The van der Waals surface area contributed by atoms with Crippen LogP contribution in [-0.2, 0) is 0 Å². The highest BCUT2D eigenvalue weighted by molar-refractivity contribution is 6.02. The van der Waals surface area contributed by atoms with Gasteiger partial charge in [-0.3, -0.25) is 4.40 Å². The summed E-state index contributed by atoms with van der Waals surface area (Å²) < 4.78 is 12.4. The number of hydrogen-bond donors (Lipinski definition) is 2. The van der Waals surface area contributed by atoms with E-state index in [-0.39, 0.29) is 6.03 Å². The van der Waals surface area contributed by atoms with Gasteiger partial charge in [0.2, 0.25) is 0 Å². The number of methoxy groups -OCH3 is 2. The zero-order valence-electron chi connectivity index (χ0n) is 15.2. The molecule has 8 nitrogen and oxygen atoms in total. The summed E-state index contributed by atoms with van der Waals surface area (Å²) in [5.74, 6) is 2.55. The Balaban J connectivity index is 1.52. The lowest BCUT2D eigenvalue weighted by molar-refractivity contribution is 0.262. The zero-order valence-corrected chi connectivity index (χ0v) is 15.2. The van der Waals surface area contributed by atoms with Gasteiger partial charge in [0.1, 0.15) is 5.82 Å². The highest BCUT2D eigenvalue weighted by atomic mass is 16.5. The molecule has 4 rings (SSSR count). The molecule has 1 aromatic carbocycles. The first kappa shape index (κ1) is 17.1. The van der Waals surface area contributed by atoms with E-state index < -0.39 is 0 Å². The van der Waals surface area contributed by atoms with Crippen LogP contribution in [0.25, 0.3) is 5.65 Å². The van der Waals surface area contributed by atoms with Crippen LogP contribution in [-0.4, -0.2) is 34.8 Å². The lowest BCUT2D eigenvalue weighted by Gasteiger charge is -2.23. The van der Waals surface area contributed by atoms with Crippen LogP contribution in [0.15, 0.2) is 36.5 Å². The average molecular weight is 367 g/mol. The predicted molar refractivity (Wildman–Crippen MR) is 102 cm³/mol. The standard InChI is InChI=1S/C19H21N5O3/c1-26-15-9-8-13(11-16(15)27-2)20-19(25)21-14-7-4-10-24-17(12-5-3-6-12)22-23-18(14)24/h4,7-12H,3,5-6H2,1-2H3,(H2,20,21,25). The third-order valence-electron chi connectivity index (χ3n) is 4.82. The molecule has 3 aromatic rings. The third kappa shape index (κ3) is 3.25. The summed E-state index contributed by atoms with van der Waals surface area (Å²) in [5, 5.41) is 14.2. The molecule has 0 atom stereocenters. The molecule has 140 valence electrons. The molecule has 1 aliphatic rings. The molecule has 2 heterocycles. The maximum atomic E-state index is 12.4. The predicted octanol–water partition coefficient (Wildman–Crippen LogP) is 3.66. The number of aromatic nitrogens is 3. The number of nitrogens with one attached hydrogen (secondary N) is 2. The number of carbonyl (C=O) groups is 1. The first-order valence-corrected chi connectivity index (χ1v) is 8.83. The maximum absolute atomic E-state index is 12.4. The molecule has 27 heavy (non-hydrogen) atoms. The van der Waals surface area contributed by atoms with Crippen molar-refractivity contribution in [2.24, 2.45) is 0 Å². The van der Waals surface area contributed by atoms with Gasteiger partial charge in [-0.1, -0.05) is 6.42 Å². The van der Waals surface area contributed by atoms with Crippen molar-refractivity contribution in [2.75, 3.05) is 24.9 Å². The summed E-state index contributed by atoms with van der Waals surface area (Å²) in [7, 11) is 3.11. The Morgan fingerprint density at radius 3 is 2.63 bits per heavy atom. The van der Waals surface area contributed by atoms with Gasteiger partial charge >= 0.3 is 6.03 Å². The normalized spacial score (nSPS) is 13.9. The second kappa shape index (κ2) is 7.14. The Morgan fingerprint density at radius 1 is 1.11 bits per heavy atom. The number of hydrogen-bond acceptors (Lipinski definition) is 5. The quantitative estimate of drug-likeness (QED) is 0.718. The molecular formula is C19H21N5O3. The first-order valence-electron chi connectivity index (χ1n) is 8.83. The number of anilines is 2. The molecule has 0 saturated heterocycles. The highest BCUT2D eigenvalue weighted by Gasteiger charge is 2.25. The van der Waals surface area contributed by atoms with E-state index in [2.05, 4.69) is 20.8 Å². The van der Waals surface area contributed by atoms with Crippen LogP contribution in [0.4, 0.5) is 16.2 Å². The molecule has 1 saturated carbocycles. The lowest BCUT2D eigenvalue weighted by Crippen LogP contribution is -2.20. The summed E-state index contributed by atoms with van der Waals surface area (Å²) in [6.45, 7) is 0. The van der Waals surface area contributed by atoms with Crippen molar-refractivity contribution in [2.45, 2.75) is 25.2 Å². The van der Waals surface area contributed by atoms with E-state index in [4.69, 9.17) is 9.47 Å². The Labute approximate surface area is 156 Å². The molecule has 0 bridgehead atoms. The number of pyridine rings is 1. The van der Waals surface area contributed by atoms with E-state index >= 15 is 0 Å². The molecular weight excluding hydrogens is 346 g/mol. The number of urea groups is 1. The molecule has 0 unspecified atom stereocenters. The monoisotopic (exact) mass is 367 g/mol. The second-order valence-electron chi connectivity index (χ2n) is 6.45. The molecule has 1 fully saturated rings. The number of benzene rings is 1. The largest absolute Gasteiger partial charge is 0.493 e. The van der Waals surface area contributed by atoms with Crippen molar-refractivity contribution in [3.63, 3.8) is 0 Å². The number of ether oxygens (including phenoxy) is 2. The molecule has 2 amide bonds. The van der Waals surface area contributed by atoms with Gasteiger partial charge in [0.05, 0.1) is 19.9 Å². The van der Waals surface area contributed by atoms with Crippen LogP contribution in [0, 0.1) is 0 Å². The summed E-state index contributed by atoms with van der Waals surface area (Å²) >= 11 is 0. The molecule has 0 spiro atoms. The Morgan fingerprint density at radius 2 is 1.93 bits per heavy atom. The molecule has 8 heteroatoms. The van der Waals surface area contributed by atoms with Crippen molar-refractivity contribution >= 4 is 23.1 Å². The number of fused-ring (bicyclic) bond motifs is 1. The van der Waals surface area contributed by atoms with Crippen LogP contribution in [0.3, 0.4) is 0 Å². The van der Waals surface area contributed by atoms with Gasteiger partial charge in [0.25, 0.3) is 0 Å². The molecule has 1 aliphatic carbocycles. The van der Waals surface area contributed by atoms with Crippen LogP contribution >= 0.6 is 0 Å². The second-order valence-corrected chi connectivity index (χ2v) is 6.45. The SMILES string of the molecule is COc1ccc(NC(=O)Nc2cccn3c(C4CCC4)nnc23)cc1OC. The van der Waals surface area contributed by atoms with Gasteiger partial charge in [-0.25, -0.2) is 4.79 Å². The number of carbonyl (C=O) groups excluding carboxylic acids is 1. The third-order valence-corrected chi connectivity index (χ3v) is 4.82. The van der Waals surface area contributed by atoms with Gasteiger partial charge in [0.15, 0.2) is 17.1 Å². The summed E-state index contributed by atoms with van der Waals surface area (Å²) in [6, 6.07) is 8.49. The fourth-order valence-electron chi connectivity index (χ4n) is 3.17. The number of rotatable bonds is 5. The fraction of sp³-hybridized carbons (Fsp3) is 0.316. The number of amides is 2. The van der Waals surface area contributed by atoms with Crippen molar-refractivity contribution in [1.29, 1.82) is 0 Å². The van der Waals surface area contributed by atoms with E-state index in [1.165, 1.54) is 6.42 Å². The van der Waals surface area contributed by atoms with E-state index in [9.17, 15) is 4.79 Å². The maximum Gasteiger partial charge on any atom is 0.323 e. The molecule has 0 radical (unpaired) electrons. The minimum atomic E-state index is -0.372. The summed E-state index contributed by atoms with van der Waals surface area (Å²) in [5.41, 5.74) is 1.84. The molecule has 0 aliphatic heterocycles. The topological polar surface area (TPSA) is 89.8 Å². The van der Waals surface area contributed by atoms with Crippen molar-refractivity contribution in [3.05, 3.63) is 42.4 Å². The summed E-state index contributed by atoms with van der Waals surface area (Å²) in [4.78, 5) is 12.4. The minimum absolute atomic E-state index is 0.372. The van der Waals surface area contributed by atoms with E-state index in [1.54, 1.807) is 32.4 Å². The first-order chi connectivity index (χ1) is 13.2. The van der Waals surface area contributed by atoms with Gasteiger partial charge in [0, 0.05) is 23.9 Å². The summed E-state index contributed by atoms with van der Waals surface area (Å²) in [6.07, 6.45) is 5.43. The smallest absolute Gasteiger partial charge is 0.323 e. The van der Waals surface area contributed by atoms with Crippen LogP contribution < -0.4 is 20.1 Å². The Hall–Kier alpha value is -3.29. The molecule has 2 aromatic heterocycles. The Kier molecular flexibility index (Phi) is 4.53. The minimum Gasteiger partial charge on any atom is -0.493 e. The highest BCUT2D eigenvalue weighted by Crippen LogP contribution is 2.36. The fourth-order valence-corrected chi connectivity index (χ4v) is 3.17. The van der Waals surface area contributed by atoms with E-state index in [1.807, 2.05) is 22.7 Å². The van der Waals surface area contributed by atoms with E-state index in [0.29, 0.717) is 34.4 Å². The lowest BCUT2D eigenvalue weighted by atomic mass is 9.85. The number of nitrogens with zero attached hydrogens (tertiary/aromatic N) is 3. The van der Waals surface area contributed by atoms with Crippen LogP contribution in [0.2, 0.25) is 0 Å². The van der Waals surface area contributed by atoms with Crippen molar-refractivity contribution < 1.29 is 14.3 Å². The molecule has 2 N–H and O–H groups in total. The van der Waals surface area contributed by atoms with Crippen molar-refractivity contribution in [3.8, 4) is 11.5 Å². The van der Waals surface area contributed by atoms with Gasteiger partial charge < -0.3 is 20.1 Å². The average Bonchev–Trinajstić information content (AvgIpc) is 3.05. The van der Waals surface area contributed by atoms with E-state index in [0.717, 1.165) is 18.7 Å². The Bertz CT molecular complexity index is 981. The zero-order chi connectivity index (χ0) is 18.8. The van der Waals surface area contributed by atoms with Gasteiger partial charge in [-0.15, -0.1) is 10.2 Å². The van der Waals surface area contributed by atoms with Crippen LogP contribution in [0.5, 0.6) is 11.5 Å². The van der Waals surface area contributed by atoms with Gasteiger partial charge in [-0.2, -0.15) is 0 Å². The van der Waals surface area contributed by atoms with Gasteiger partial charge in [-0.05, 0) is 37.1 Å². The van der Waals surface area contributed by atoms with Crippen LogP contribution in [0.1, 0.15) is 31.0 Å².